The molecule has 1 aliphatic rings. The number of nitro groups is 1. The number of benzene rings is 2. The SMILES string of the molecule is C[C@H]1CCCC[C@H]1NC(=O)/C(C#N)=C/c1ccc(OCc2ccc([N+](=O)[O-])cc2)cc1. The summed E-state index contributed by atoms with van der Waals surface area (Å²) in [4.78, 5) is 22.8. The number of nitrogens with one attached hydrogen (secondary N) is 1. The van der Waals surface area contributed by atoms with E-state index in [1.807, 2.05) is 6.07 Å². The molecule has 160 valence electrons. The number of nitrogens with zero attached hydrogens (tertiary/aromatic N) is 2. The number of hydrogen-bond donors (Lipinski definition) is 1. The topological polar surface area (TPSA) is 105 Å². The van der Waals surface area contributed by atoms with Gasteiger partial charge in [-0.25, -0.2) is 0 Å². The lowest BCUT2D eigenvalue weighted by atomic mass is 9.86. The Morgan fingerprint density at radius 1 is 1.19 bits per heavy atom. The molecule has 0 unspecified atom stereocenters. The fourth-order valence-corrected chi connectivity index (χ4v) is 3.63. The Morgan fingerprint density at radius 3 is 2.48 bits per heavy atom. The van der Waals surface area contributed by atoms with Crippen molar-refractivity contribution in [3.05, 3.63) is 75.3 Å². The Labute approximate surface area is 181 Å². The molecule has 1 saturated carbocycles. The molecule has 1 fully saturated rings. The summed E-state index contributed by atoms with van der Waals surface area (Å²) in [6.07, 6.45) is 5.91. The first kappa shape index (κ1) is 22.0. The van der Waals surface area contributed by atoms with Gasteiger partial charge in [-0.15, -0.1) is 0 Å². The Kier molecular flexibility index (Phi) is 7.39. The van der Waals surface area contributed by atoms with E-state index in [1.165, 1.54) is 18.6 Å². The molecule has 1 aliphatic carbocycles. The second kappa shape index (κ2) is 10.4. The molecule has 1 N–H and O–H groups in total. The molecule has 2 atom stereocenters. The van der Waals surface area contributed by atoms with Gasteiger partial charge in [0, 0.05) is 18.2 Å². The van der Waals surface area contributed by atoms with Crippen molar-refractivity contribution in [2.24, 2.45) is 5.92 Å². The van der Waals surface area contributed by atoms with Gasteiger partial charge in [-0.05, 0) is 60.2 Å². The zero-order valence-corrected chi connectivity index (χ0v) is 17.4. The molecule has 1 amide bonds. The number of carbonyl (C=O) groups excluding carboxylic acids is 1. The second-order valence-corrected chi connectivity index (χ2v) is 7.79. The molecule has 0 aliphatic heterocycles. The molecule has 0 bridgehead atoms. The number of nitro benzene ring substituents is 1. The van der Waals surface area contributed by atoms with Crippen LogP contribution in [0, 0.1) is 27.4 Å². The van der Waals surface area contributed by atoms with E-state index in [0.29, 0.717) is 11.7 Å². The lowest BCUT2D eigenvalue weighted by Gasteiger charge is -2.29. The molecule has 7 heteroatoms. The molecular weight excluding hydrogens is 394 g/mol. The number of non-ortho nitro benzene ring substituents is 1. The number of carbonyl (C=O) groups is 1. The predicted octanol–water partition coefficient (Wildman–Crippen LogP) is 4.78. The minimum absolute atomic E-state index is 0.0372. The minimum Gasteiger partial charge on any atom is -0.489 e. The van der Waals surface area contributed by atoms with E-state index in [1.54, 1.807) is 42.5 Å². The summed E-state index contributed by atoms with van der Waals surface area (Å²) in [5, 5.41) is 23.1. The number of ether oxygens (including phenoxy) is 1. The second-order valence-electron chi connectivity index (χ2n) is 7.79. The number of hydrogen-bond acceptors (Lipinski definition) is 5. The van der Waals surface area contributed by atoms with Crippen LogP contribution in [0.5, 0.6) is 5.75 Å². The molecule has 0 spiro atoms. The zero-order chi connectivity index (χ0) is 22.2. The van der Waals surface area contributed by atoms with Gasteiger partial charge in [-0.3, -0.25) is 14.9 Å². The van der Waals surface area contributed by atoms with Crippen LogP contribution < -0.4 is 10.1 Å². The Balaban J connectivity index is 1.58. The van der Waals surface area contributed by atoms with Crippen LogP contribution in [-0.4, -0.2) is 16.9 Å². The molecule has 2 aromatic carbocycles. The first-order chi connectivity index (χ1) is 15.0. The van der Waals surface area contributed by atoms with Gasteiger partial charge >= 0.3 is 0 Å². The van der Waals surface area contributed by atoms with E-state index in [0.717, 1.165) is 30.4 Å². The van der Waals surface area contributed by atoms with Gasteiger partial charge in [0.15, 0.2) is 0 Å². The van der Waals surface area contributed by atoms with Crippen molar-refractivity contribution in [2.45, 2.75) is 45.3 Å². The van der Waals surface area contributed by atoms with E-state index >= 15 is 0 Å². The summed E-state index contributed by atoms with van der Waals surface area (Å²) >= 11 is 0. The Morgan fingerprint density at radius 2 is 1.87 bits per heavy atom. The maximum Gasteiger partial charge on any atom is 0.269 e. The van der Waals surface area contributed by atoms with Gasteiger partial charge < -0.3 is 10.1 Å². The minimum atomic E-state index is -0.442. The zero-order valence-electron chi connectivity index (χ0n) is 17.4. The molecule has 0 aromatic heterocycles. The monoisotopic (exact) mass is 419 g/mol. The lowest BCUT2D eigenvalue weighted by Crippen LogP contribution is -2.41. The summed E-state index contributed by atoms with van der Waals surface area (Å²) in [6.45, 7) is 2.41. The molecule has 31 heavy (non-hydrogen) atoms. The summed E-state index contributed by atoms with van der Waals surface area (Å²) in [7, 11) is 0. The van der Waals surface area contributed by atoms with Gasteiger partial charge in [0.2, 0.25) is 0 Å². The third-order valence-corrected chi connectivity index (χ3v) is 5.54. The highest BCUT2D eigenvalue weighted by molar-refractivity contribution is 6.01. The fraction of sp³-hybridized carbons (Fsp3) is 0.333. The van der Waals surface area contributed by atoms with E-state index < -0.39 is 4.92 Å². The van der Waals surface area contributed by atoms with Crippen LogP contribution >= 0.6 is 0 Å². The van der Waals surface area contributed by atoms with Crippen LogP contribution in [0.1, 0.15) is 43.7 Å². The van der Waals surface area contributed by atoms with Crippen molar-refractivity contribution in [3.8, 4) is 11.8 Å². The number of amides is 1. The van der Waals surface area contributed by atoms with Gasteiger partial charge in [0.25, 0.3) is 11.6 Å². The molecule has 0 saturated heterocycles. The van der Waals surface area contributed by atoms with Gasteiger partial charge in [0.1, 0.15) is 24.0 Å². The molecule has 3 rings (SSSR count). The van der Waals surface area contributed by atoms with Crippen molar-refractivity contribution in [3.63, 3.8) is 0 Å². The van der Waals surface area contributed by atoms with Gasteiger partial charge in [-0.1, -0.05) is 31.9 Å². The van der Waals surface area contributed by atoms with Gasteiger partial charge in [-0.2, -0.15) is 5.26 Å². The number of rotatable bonds is 7. The highest BCUT2D eigenvalue weighted by atomic mass is 16.6. The van der Waals surface area contributed by atoms with E-state index in [4.69, 9.17) is 4.74 Å². The summed E-state index contributed by atoms with van der Waals surface area (Å²) < 4.78 is 5.70. The van der Waals surface area contributed by atoms with Crippen LogP contribution in [0.15, 0.2) is 54.1 Å². The third kappa shape index (κ3) is 6.16. The van der Waals surface area contributed by atoms with Crippen LogP contribution in [0.2, 0.25) is 0 Å². The van der Waals surface area contributed by atoms with Crippen molar-refractivity contribution < 1.29 is 14.5 Å². The Bertz CT molecular complexity index is 991. The van der Waals surface area contributed by atoms with Crippen LogP contribution in [-0.2, 0) is 11.4 Å². The average molecular weight is 419 g/mol. The Hall–Kier alpha value is -3.66. The van der Waals surface area contributed by atoms with Crippen LogP contribution in [0.25, 0.3) is 6.08 Å². The van der Waals surface area contributed by atoms with Crippen molar-refractivity contribution >= 4 is 17.7 Å². The average Bonchev–Trinajstić information content (AvgIpc) is 2.78. The standard InChI is InChI=1S/C24H25N3O4/c1-17-4-2-3-5-23(17)26-24(28)20(15-25)14-18-8-12-22(13-9-18)31-16-19-6-10-21(11-7-19)27(29)30/h6-14,17,23H,2-5,16H2,1H3,(H,26,28)/b20-14+/t17-,23+/m0/s1. The highest BCUT2D eigenvalue weighted by Crippen LogP contribution is 2.24. The first-order valence-electron chi connectivity index (χ1n) is 10.3. The van der Waals surface area contributed by atoms with Crippen LogP contribution in [0.3, 0.4) is 0 Å². The van der Waals surface area contributed by atoms with E-state index in [9.17, 15) is 20.2 Å². The maximum absolute atomic E-state index is 12.5. The molecular formula is C24H25N3O4. The fourth-order valence-electron chi connectivity index (χ4n) is 3.63. The summed E-state index contributed by atoms with van der Waals surface area (Å²) in [6, 6.07) is 15.4. The lowest BCUT2D eigenvalue weighted by molar-refractivity contribution is -0.384. The molecule has 2 aromatic rings. The van der Waals surface area contributed by atoms with Gasteiger partial charge in [0.05, 0.1) is 4.92 Å². The summed E-state index contributed by atoms with van der Waals surface area (Å²) in [5.74, 6) is 0.707. The quantitative estimate of drug-likeness (QED) is 0.301. The van der Waals surface area contributed by atoms with Crippen molar-refractivity contribution in [1.29, 1.82) is 5.26 Å². The number of nitriles is 1. The largest absolute Gasteiger partial charge is 0.489 e. The molecule has 7 nitrogen and oxygen atoms in total. The predicted molar refractivity (Wildman–Crippen MR) is 117 cm³/mol. The van der Waals surface area contributed by atoms with E-state index in [2.05, 4.69) is 12.2 Å². The smallest absolute Gasteiger partial charge is 0.269 e. The molecule has 0 radical (unpaired) electrons. The van der Waals surface area contributed by atoms with E-state index in [-0.39, 0.29) is 29.8 Å². The first-order valence-corrected chi connectivity index (χ1v) is 10.3. The molecule has 0 heterocycles. The highest BCUT2D eigenvalue weighted by Gasteiger charge is 2.24. The third-order valence-electron chi connectivity index (χ3n) is 5.54. The van der Waals surface area contributed by atoms with Crippen molar-refractivity contribution in [1.82, 2.24) is 5.32 Å². The summed E-state index contributed by atoms with van der Waals surface area (Å²) in [5.41, 5.74) is 1.66. The van der Waals surface area contributed by atoms with Crippen LogP contribution in [0.4, 0.5) is 5.69 Å². The van der Waals surface area contributed by atoms with Crippen molar-refractivity contribution in [2.75, 3.05) is 0 Å². The maximum atomic E-state index is 12.5. The normalized spacial score (nSPS) is 18.6.